The number of halogens is 1. The Morgan fingerprint density at radius 1 is 1.14 bits per heavy atom. The van der Waals surface area contributed by atoms with E-state index in [0.29, 0.717) is 32.1 Å². The number of benzene rings is 3. The summed E-state index contributed by atoms with van der Waals surface area (Å²) in [6.45, 7) is 5.89. The van der Waals surface area contributed by atoms with Crippen LogP contribution in [0.4, 0.5) is 0 Å². The molecule has 7 nitrogen and oxygen atoms in total. The maximum atomic E-state index is 14.2. The summed E-state index contributed by atoms with van der Waals surface area (Å²) in [6.07, 6.45) is 3.82. The Morgan fingerprint density at radius 2 is 1.86 bits per heavy atom. The fraction of sp³-hybridized carbons (Fsp3) is 0.242. The van der Waals surface area contributed by atoms with Gasteiger partial charge >= 0.3 is 5.97 Å². The van der Waals surface area contributed by atoms with Crippen molar-refractivity contribution in [2.75, 3.05) is 20.0 Å². The first-order chi connectivity index (χ1) is 20.7. The van der Waals surface area contributed by atoms with Gasteiger partial charge < -0.3 is 14.2 Å². The highest BCUT2D eigenvalue weighted by Gasteiger charge is 2.35. The fourth-order valence-corrected chi connectivity index (χ4v) is 7.03. The third kappa shape index (κ3) is 6.46. The fourth-order valence-electron chi connectivity index (χ4n) is 4.87. The first-order valence-corrected chi connectivity index (χ1v) is 16.8. The van der Waals surface area contributed by atoms with Gasteiger partial charge in [-0.2, -0.15) is 0 Å². The van der Waals surface area contributed by atoms with E-state index in [1.54, 1.807) is 30.4 Å². The molecule has 0 aliphatic carbocycles. The molecule has 10 heteroatoms. The lowest BCUT2D eigenvalue weighted by atomic mass is 9.93. The van der Waals surface area contributed by atoms with Crippen LogP contribution in [0.1, 0.15) is 43.5 Å². The molecule has 1 aromatic heterocycles. The van der Waals surface area contributed by atoms with Gasteiger partial charge in [0.05, 0.1) is 45.2 Å². The molecule has 3 aromatic carbocycles. The molecule has 0 amide bonds. The molecule has 0 saturated carbocycles. The number of rotatable bonds is 9. The number of ether oxygens (including phenoxy) is 3. The quantitative estimate of drug-likeness (QED) is 0.119. The van der Waals surface area contributed by atoms with Crippen LogP contribution in [0.25, 0.3) is 11.8 Å². The molecule has 43 heavy (non-hydrogen) atoms. The molecule has 0 saturated heterocycles. The van der Waals surface area contributed by atoms with E-state index in [2.05, 4.69) is 22.6 Å². The number of carbonyl (C=O) groups is 1. The number of esters is 1. The Bertz CT molecular complexity index is 1860. The minimum Gasteiger partial charge on any atom is -0.493 e. The van der Waals surface area contributed by atoms with Crippen LogP contribution in [0.3, 0.4) is 0 Å². The monoisotopic (exact) mass is 726 g/mol. The molecule has 222 valence electrons. The molecule has 4 aromatic rings. The number of thioether (sulfide) groups is 1. The van der Waals surface area contributed by atoms with Crippen molar-refractivity contribution < 1.29 is 19.0 Å². The zero-order chi connectivity index (χ0) is 30.7. The Kier molecular flexibility index (Phi) is 9.78. The third-order valence-electron chi connectivity index (χ3n) is 6.71. The second-order valence-electron chi connectivity index (χ2n) is 9.91. The summed E-state index contributed by atoms with van der Waals surface area (Å²) in [7, 11) is 1.60. The Labute approximate surface area is 272 Å². The van der Waals surface area contributed by atoms with Gasteiger partial charge in [0, 0.05) is 10.5 Å². The Hall–Kier alpha value is -3.35. The number of aromatic nitrogens is 1. The standard InChI is InChI=1S/C33H31IN2O5S2/c1-6-40-32(38)27-28(21-10-8-7-9-11-21)35-33-36(29(27)22-12-14-23(42-5)15-13-22)31(37)26(43-33)18-20-16-24(34)30(41-19(2)3)25(17-20)39-4/h7-19,29H,6H2,1-5H3/b26-18-/t29-/m0/s1. The summed E-state index contributed by atoms with van der Waals surface area (Å²) in [6, 6.07) is 20.5. The van der Waals surface area contributed by atoms with Gasteiger partial charge in [-0.15, -0.1) is 11.8 Å². The second-order valence-corrected chi connectivity index (χ2v) is 13.0. The molecule has 2 heterocycles. The van der Waals surface area contributed by atoms with E-state index in [1.165, 1.54) is 11.3 Å². The molecule has 0 radical (unpaired) electrons. The smallest absolute Gasteiger partial charge is 0.338 e. The molecule has 1 aliphatic rings. The van der Waals surface area contributed by atoms with Gasteiger partial charge in [0.2, 0.25) is 0 Å². The van der Waals surface area contributed by atoms with Crippen molar-refractivity contribution in [2.24, 2.45) is 4.99 Å². The second kappa shape index (κ2) is 13.5. The largest absolute Gasteiger partial charge is 0.493 e. The Morgan fingerprint density at radius 3 is 2.49 bits per heavy atom. The van der Waals surface area contributed by atoms with Crippen LogP contribution < -0.4 is 24.4 Å². The van der Waals surface area contributed by atoms with Gasteiger partial charge in [-0.25, -0.2) is 9.79 Å². The van der Waals surface area contributed by atoms with Crippen molar-refractivity contribution in [3.63, 3.8) is 0 Å². The highest BCUT2D eigenvalue weighted by atomic mass is 127. The topological polar surface area (TPSA) is 79.1 Å². The molecule has 0 unspecified atom stereocenters. The minimum atomic E-state index is -0.722. The van der Waals surface area contributed by atoms with Crippen molar-refractivity contribution in [1.29, 1.82) is 0 Å². The van der Waals surface area contributed by atoms with E-state index in [1.807, 2.05) is 92.9 Å². The summed E-state index contributed by atoms with van der Waals surface area (Å²) < 4.78 is 20.1. The molecular formula is C33H31IN2O5S2. The molecular weight excluding hydrogens is 695 g/mol. The lowest BCUT2D eigenvalue weighted by Gasteiger charge is -2.26. The predicted molar refractivity (Wildman–Crippen MR) is 181 cm³/mol. The Balaban J connectivity index is 1.77. The van der Waals surface area contributed by atoms with Crippen molar-refractivity contribution >= 4 is 63.4 Å². The van der Waals surface area contributed by atoms with E-state index in [4.69, 9.17) is 19.2 Å². The van der Waals surface area contributed by atoms with Crippen molar-refractivity contribution in [2.45, 2.75) is 37.8 Å². The summed E-state index contributed by atoms with van der Waals surface area (Å²) in [5, 5.41) is 0. The average molecular weight is 727 g/mol. The zero-order valence-electron chi connectivity index (χ0n) is 24.4. The number of hydrogen-bond donors (Lipinski definition) is 0. The van der Waals surface area contributed by atoms with Gasteiger partial charge in [0.1, 0.15) is 0 Å². The number of fused-ring (bicyclic) bond motifs is 1. The van der Waals surface area contributed by atoms with Crippen LogP contribution in [0, 0.1) is 3.57 Å². The molecule has 0 N–H and O–H groups in total. The number of carbonyl (C=O) groups excluding carboxylic acids is 1. The van der Waals surface area contributed by atoms with Gasteiger partial charge in [-0.05, 0) is 91.1 Å². The van der Waals surface area contributed by atoms with Crippen molar-refractivity contribution in [3.8, 4) is 11.5 Å². The van der Waals surface area contributed by atoms with Crippen molar-refractivity contribution in [3.05, 3.63) is 112 Å². The normalized spacial score (nSPS) is 14.9. The molecule has 1 aliphatic heterocycles. The van der Waals surface area contributed by atoms with Gasteiger partial charge in [0.15, 0.2) is 16.3 Å². The lowest BCUT2D eigenvalue weighted by molar-refractivity contribution is -0.138. The van der Waals surface area contributed by atoms with E-state index >= 15 is 0 Å². The van der Waals surface area contributed by atoms with Crippen LogP contribution >= 0.6 is 45.7 Å². The maximum absolute atomic E-state index is 14.2. The zero-order valence-corrected chi connectivity index (χ0v) is 28.2. The maximum Gasteiger partial charge on any atom is 0.338 e. The molecule has 0 bridgehead atoms. The predicted octanol–water partition coefficient (Wildman–Crippen LogP) is 6.06. The van der Waals surface area contributed by atoms with E-state index < -0.39 is 12.0 Å². The van der Waals surface area contributed by atoms with Crippen LogP contribution in [0.2, 0.25) is 0 Å². The summed E-state index contributed by atoms with van der Waals surface area (Å²) in [4.78, 5) is 34.3. The molecule has 5 rings (SSSR count). The molecule has 0 fully saturated rings. The van der Waals surface area contributed by atoms with E-state index in [-0.39, 0.29) is 18.3 Å². The SMILES string of the molecule is CCOC(=O)C1=C(c2ccccc2)N=c2s/c(=C\c3cc(I)c(OC(C)C)c(OC)c3)c(=O)n2[C@H]1c1ccc(SC)cc1. The molecule has 1 atom stereocenters. The first-order valence-electron chi connectivity index (χ1n) is 13.7. The molecule has 0 spiro atoms. The van der Waals surface area contributed by atoms with Crippen LogP contribution in [0.15, 0.2) is 87.0 Å². The highest BCUT2D eigenvalue weighted by Crippen LogP contribution is 2.37. The van der Waals surface area contributed by atoms with E-state index in [9.17, 15) is 9.59 Å². The number of methoxy groups -OCH3 is 1. The van der Waals surface area contributed by atoms with Crippen molar-refractivity contribution in [1.82, 2.24) is 4.57 Å². The van der Waals surface area contributed by atoms with Crippen LogP contribution in [0.5, 0.6) is 11.5 Å². The third-order valence-corrected chi connectivity index (χ3v) is 9.24. The summed E-state index contributed by atoms with van der Waals surface area (Å²) in [5.74, 6) is 0.748. The van der Waals surface area contributed by atoms with Gasteiger partial charge in [-0.3, -0.25) is 9.36 Å². The minimum absolute atomic E-state index is 0.0191. The number of hydrogen-bond acceptors (Lipinski definition) is 8. The summed E-state index contributed by atoms with van der Waals surface area (Å²) >= 11 is 5.13. The van der Waals surface area contributed by atoms with Gasteiger partial charge in [0.25, 0.3) is 5.56 Å². The summed E-state index contributed by atoms with van der Waals surface area (Å²) in [5.41, 5.74) is 2.94. The van der Waals surface area contributed by atoms with E-state index in [0.717, 1.165) is 25.2 Å². The average Bonchev–Trinajstić information content (AvgIpc) is 3.32. The van der Waals surface area contributed by atoms with Gasteiger partial charge in [-0.1, -0.05) is 53.8 Å². The number of nitrogens with zero attached hydrogens (tertiary/aromatic N) is 2. The number of thiazole rings is 1. The first kappa shape index (κ1) is 31.1. The van der Waals surface area contributed by atoms with Crippen LogP contribution in [-0.4, -0.2) is 36.6 Å². The lowest BCUT2D eigenvalue weighted by Crippen LogP contribution is -2.40. The highest BCUT2D eigenvalue weighted by molar-refractivity contribution is 14.1. The van der Waals surface area contributed by atoms with Crippen LogP contribution in [-0.2, 0) is 9.53 Å².